The lowest BCUT2D eigenvalue weighted by Crippen LogP contribution is -2.26. The lowest BCUT2D eigenvalue weighted by atomic mass is 9.85. The lowest BCUT2D eigenvalue weighted by Gasteiger charge is -2.25. The Balaban J connectivity index is 1.80. The van der Waals surface area contributed by atoms with Crippen LogP contribution in [0.15, 0.2) is 24.3 Å². The van der Waals surface area contributed by atoms with Gasteiger partial charge in [-0.15, -0.1) is 0 Å². The van der Waals surface area contributed by atoms with Crippen LogP contribution in [0.2, 0.25) is 0 Å². The highest BCUT2D eigenvalue weighted by atomic mass is 32.2. The van der Waals surface area contributed by atoms with Gasteiger partial charge in [-0.25, -0.2) is 13.1 Å². The van der Waals surface area contributed by atoms with Gasteiger partial charge in [0.2, 0.25) is 5.91 Å². The number of nitrogens with one attached hydrogen (secondary N) is 1. The quantitative estimate of drug-likeness (QED) is 0.886. The van der Waals surface area contributed by atoms with E-state index in [2.05, 4.69) is 10.4 Å². The molecule has 7 nitrogen and oxygen atoms in total. The summed E-state index contributed by atoms with van der Waals surface area (Å²) >= 11 is 0. The maximum absolute atomic E-state index is 12.4. The van der Waals surface area contributed by atoms with E-state index in [4.69, 9.17) is 4.74 Å². The average molecular weight is 375 g/mol. The highest BCUT2D eigenvalue weighted by molar-refractivity contribution is 7.91. The number of hydrogen-bond acceptors (Lipinski definition) is 5. The van der Waals surface area contributed by atoms with Gasteiger partial charge in [-0.1, -0.05) is 12.1 Å². The van der Waals surface area contributed by atoms with E-state index in [0.29, 0.717) is 18.7 Å². The Bertz CT molecular complexity index is 980. The van der Waals surface area contributed by atoms with Gasteiger partial charge in [-0.05, 0) is 31.0 Å². The van der Waals surface area contributed by atoms with Crippen LogP contribution in [0.4, 0.5) is 5.82 Å². The zero-order valence-electron chi connectivity index (χ0n) is 14.7. The van der Waals surface area contributed by atoms with Crippen LogP contribution < -0.4 is 10.1 Å². The maximum Gasteiger partial charge on any atom is 0.226 e. The molecule has 2 atom stereocenters. The summed E-state index contributed by atoms with van der Waals surface area (Å²) in [5.41, 5.74) is 2.77. The predicted molar refractivity (Wildman–Crippen MR) is 97.4 cm³/mol. The van der Waals surface area contributed by atoms with Gasteiger partial charge in [0.05, 0.1) is 30.4 Å². The predicted octanol–water partition coefficient (Wildman–Crippen LogP) is 2.03. The number of rotatable bonds is 3. The van der Waals surface area contributed by atoms with Gasteiger partial charge in [0, 0.05) is 17.9 Å². The number of carbonyl (C=O) groups excluding carboxylic acids is 1. The fourth-order valence-corrected chi connectivity index (χ4v) is 5.64. The van der Waals surface area contributed by atoms with Crippen LogP contribution in [-0.4, -0.2) is 42.7 Å². The molecule has 0 aliphatic carbocycles. The highest BCUT2D eigenvalue weighted by Gasteiger charge is 2.37. The molecule has 8 heteroatoms. The zero-order chi connectivity index (χ0) is 18.5. The zero-order valence-corrected chi connectivity index (χ0v) is 15.5. The van der Waals surface area contributed by atoms with Gasteiger partial charge >= 0.3 is 0 Å². The van der Waals surface area contributed by atoms with Crippen LogP contribution in [0, 0.1) is 6.92 Å². The molecule has 1 fully saturated rings. The third-order valence-electron chi connectivity index (χ3n) is 5.18. The van der Waals surface area contributed by atoms with E-state index in [9.17, 15) is 13.2 Å². The Labute approximate surface area is 152 Å². The number of carbonyl (C=O) groups is 1. The third-order valence-corrected chi connectivity index (χ3v) is 6.93. The second-order valence-corrected chi connectivity index (χ2v) is 9.16. The van der Waals surface area contributed by atoms with Crippen molar-refractivity contribution in [2.75, 3.05) is 23.9 Å². The number of methoxy groups -OCH3 is 1. The van der Waals surface area contributed by atoms with Gasteiger partial charge < -0.3 is 10.1 Å². The van der Waals surface area contributed by atoms with Gasteiger partial charge in [0.1, 0.15) is 11.6 Å². The van der Waals surface area contributed by atoms with Crippen LogP contribution in [-0.2, 0) is 14.6 Å². The molecule has 1 saturated heterocycles. The van der Waals surface area contributed by atoms with Gasteiger partial charge in [-0.3, -0.25) is 4.79 Å². The summed E-state index contributed by atoms with van der Waals surface area (Å²) in [6, 6.07) is 7.46. The smallest absolute Gasteiger partial charge is 0.226 e. The van der Waals surface area contributed by atoms with Crippen LogP contribution in [0.3, 0.4) is 0 Å². The summed E-state index contributed by atoms with van der Waals surface area (Å²) in [5.74, 6) is 1.39. The molecule has 0 radical (unpaired) electrons. The fourth-order valence-electron chi connectivity index (χ4n) is 3.95. The van der Waals surface area contributed by atoms with Gasteiger partial charge in [0.25, 0.3) is 0 Å². The SMILES string of the molecule is COc1cccc([C@H]2CC(=O)Nc3c2c(C)nn3[C@@H]2CCS(=O)(=O)C2)c1. The molecular weight excluding hydrogens is 354 g/mol. The van der Waals surface area contributed by atoms with E-state index in [1.807, 2.05) is 31.2 Å². The van der Waals surface area contributed by atoms with E-state index in [-0.39, 0.29) is 29.4 Å². The number of sulfone groups is 1. The molecule has 0 bridgehead atoms. The first-order chi connectivity index (χ1) is 12.4. The van der Waals surface area contributed by atoms with E-state index >= 15 is 0 Å². The van der Waals surface area contributed by atoms with E-state index in [1.165, 1.54) is 0 Å². The standard InChI is InChI=1S/C18H21N3O4S/c1-11-17-15(12-4-3-5-14(8-12)25-2)9-16(22)19-18(17)21(20-11)13-6-7-26(23,24)10-13/h3-5,8,13,15H,6-7,9-10H2,1-2H3,(H,19,22)/t13-,15-/m1/s1. The van der Waals surface area contributed by atoms with Gasteiger partial charge in [-0.2, -0.15) is 5.10 Å². The van der Waals surface area contributed by atoms with Crippen molar-refractivity contribution in [1.82, 2.24) is 9.78 Å². The summed E-state index contributed by atoms with van der Waals surface area (Å²) in [6.45, 7) is 1.91. The molecule has 1 N–H and O–H groups in total. The molecule has 2 aliphatic heterocycles. The van der Waals surface area contributed by atoms with Crippen LogP contribution in [0.25, 0.3) is 0 Å². The number of hydrogen-bond donors (Lipinski definition) is 1. The summed E-state index contributed by atoms with van der Waals surface area (Å²) in [4.78, 5) is 12.4. The molecule has 3 heterocycles. The van der Waals surface area contributed by atoms with Crippen molar-refractivity contribution in [3.05, 3.63) is 41.1 Å². The number of fused-ring (bicyclic) bond motifs is 1. The Kier molecular flexibility index (Phi) is 4.02. The van der Waals surface area contributed by atoms with Gasteiger partial charge in [0.15, 0.2) is 9.84 Å². The average Bonchev–Trinajstić information content (AvgIpc) is 3.13. The van der Waals surface area contributed by atoms with Crippen molar-refractivity contribution in [3.8, 4) is 5.75 Å². The Morgan fingerprint density at radius 1 is 1.35 bits per heavy atom. The number of nitrogens with zero attached hydrogens (tertiary/aromatic N) is 2. The second-order valence-electron chi connectivity index (χ2n) is 6.93. The highest BCUT2D eigenvalue weighted by Crippen LogP contribution is 2.42. The lowest BCUT2D eigenvalue weighted by molar-refractivity contribution is -0.116. The molecule has 1 aromatic heterocycles. The first kappa shape index (κ1) is 17.1. The molecule has 1 aromatic carbocycles. The summed E-state index contributed by atoms with van der Waals surface area (Å²) in [6.07, 6.45) is 0.852. The normalized spacial score (nSPS) is 24.2. The molecule has 138 valence electrons. The van der Waals surface area contributed by atoms with E-state index < -0.39 is 9.84 Å². The molecule has 2 aromatic rings. The summed E-state index contributed by atoms with van der Waals surface area (Å²) in [7, 11) is -1.43. The molecule has 0 unspecified atom stereocenters. The van der Waals surface area contributed by atoms with E-state index in [0.717, 1.165) is 22.6 Å². The number of anilines is 1. The van der Waals surface area contributed by atoms with Crippen molar-refractivity contribution in [3.63, 3.8) is 0 Å². The topological polar surface area (TPSA) is 90.3 Å². The summed E-state index contributed by atoms with van der Waals surface area (Å²) in [5, 5.41) is 7.52. The van der Waals surface area contributed by atoms with Crippen molar-refractivity contribution >= 4 is 21.6 Å². The van der Waals surface area contributed by atoms with E-state index in [1.54, 1.807) is 11.8 Å². The third kappa shape index (κ3) is 2.88. The number of benzene rings is 1. The first-order valence-corrected chi connectivity index (χ1v) is 10.4. The molecule has 4 rings (SSSR count). The van der Waals surface area contributed by atoms with Crippen molar-refractivity contribution in [1.29, 1.82) is 0 Å². The minimum atomic E-state index is -3.04. The Hall–Kier alpha value is -2.35. The Morgan fingerprint density at radius 2 is 2.15 bits per heavy atom. The van der Waals surface area contributed by atoms with Crippen LogP contribution in [0.5, 0.6) is 5.75 Å². The Morgan fingerprint density at radius 3 is 2.85 bits per heavy atom. The monoisotopic (exact) mass is 375 g/mol. The molecule has 0 saturated carbocycles. The van der Waals surface area contributed by atoms with Crippen molar-refractivity contribution in [2.24, 2.45) is 0 Å². The second kappa shape index (κ2) is 6.12. The minimum absolute atomic E-state index is 0.0697. The molecule has 1 amide bonds. The van der Waals surface area contributed by atoms with Crippen molar-refractivity contribution in [2.45, 2.75) is 31.7 Å². The van der Waals surface area contributed by atoms with Crippen LogP contribution in [0.1, 0.15) is 41.6 Å². The molecule has 0 spiro atoms. The number of ether oxygens (including phenoxy) is 1. The summed E-state index contributed by atoms with van der Waals surface area (Å²) < 4.78 is 30.8. The maximum atomic E-state index is 12.4. The fraction of sp³-hybridized carbons (Fsp3) is 0.444. The largest absolute Gasteiger partial charge is 0.497 e. The van der Waals surface area contributed by atoms with Crippen LogP contribution >= 0.6 is 0 Å². The number of aryl methyl sites for hydroxylation is 1. The first-order valence-electron chi connectivity index (χ1n) is 8.61. The molecule has 26 heavy (non-hydrogen) atoms. The molecular formula is C18H21N3O4S. The number of amides is 1. The molecule has 2 aliphatic rings. The minimum Gasteiger partial charge on any atom is -0.497 e. The number of aromatic nitrogens is 2. The van der Waals surface area contributed by atoms with Crippen molar-refractivity contribution < 1.29 is 17.9 Å².